The van der Waals surface area contributed by atoms with Gasteiger partial charge in [-0.25, -0.2) is 9.59 Å². The number of rotatable bonds is 14. The number of nitrogens with zero attached hydrogens (tertiary/aromatic N) is 1. The summed E-state index contributed by atoms with van der Waals surface area (Å²) in [5.74, 6) is -1.63. The van der Waals surface area contributed by atoms with Gasteiger partial charge in [0.05, 0.1) is 0 Å². The van der Waals surface area contributed by atoms with Crippen LogP contribution in [-0.4, -0.2) is 59.6 Å². The van der Waals surface area contributed by atoms with E-state index in [1.54, 1.807) is 20.8 Å². The van der Waals surface area contributed by atoms with E-state index in [-0.39, 0.29) is 38.0 Å². The van der Waals surface area contributed by atoms with Crippen molar-refractivity contribution in [2.75, 3.05) is 13.1 Å². The first-order valence-corrected chi connectivity index (χ1v) is 16.9. The van der Waals surface area contributed by atoms with Crippen molar-refractivity contribution >= 4 is 23.9 Å². The lowest BCUT2D eigenvalue weighted by atomic mass is 9.97. The molecular formula is C39H49N3O6. The van der Waals surface area contributed by atoms with E-state index in [4.69, 9.17) is 9.47 Å². The zero-order valence-corrected chi connectivity index (χ0v) is 28.5. The van der Waals surface area contributed by atoms with E-state index in [0.717, 1.165) is 42.4 Å². The fourth-order valence-electron chi connectivity index (χ4n) is 5.95. The van der Waals surface area contributed by atoms with E-state index in [9.17, 15) is 19.2 Å². The Labute approximate surface area is 284 Å². The first-order valence-electron chi connectivity index (χ1n) is 16.9. The molecule has 48 heavy (non-hydrogen) atoms. The standard InChI is InChI=1S/C39H49N3O6/c1-28(31-20-12-7-13-21-31)25-42(38(46)48-39(2,3)4)26-34(43)40-33(24-29-16-8-5-9-17-29)36(44)41-35(32-22-14-15-23-32)37(45)47-27-30-18-10-6-11-19-30/h5-13,16-21,28,32-33,35H,14-15,22-27H2,1-4H3,(H,40,43)(H,41,44)/t28-,33+,35+/m0/s1. The van der Waals surface area contributed by atoms with Crippen molar-refractivity contribution in [2.45, 2.75) is 90.0 Å². The van der Waals surface area contributed by atoms with Crippen LogP contribution < -0.4 is 10.6 Å². The second-order valence-corrected chi connectivity index (χ2v) is 13.6. The highest BCUT2D eigenvalue weighted by Crippen LogP contribution is 2.29. The van der Waals surface area contributed by atoms with Gasteiger partial charge in [-0.05, 0) is 62.1 Å². The predicted octanol–water partition coefficient (Wildman–Crippen LogP) is 6.17. The Bertz CT molecular complexity index is 1470. The molecule has 0 radical (unpaired) electrons. The van der Waals surface area contributed by atoms with Crippen LogP contribution in [0.4, 0.5) is 4.79 Å². The molecule has 9 heteroatoms. The summed E-state index contributed by atoms with van der Waals surface area (Å²) < 4.78 is 11.3. The topological polar surface area (TPSA) is 114 Å². The Kier molecular flexibility index (Phi) is 13.2. The predicted molar refractivity (Wildman–Crippen MR) is 185 cm³/mol. The number of hydrogen-bond donors (Lipinski definition) is 2. The number of carbonyl (C=O) groups excluding carboxylic acids is 4. The summed E-state index contributed by atoms with van der Waals surface area (Å²) in [7, 11) is 0. The highest BCUT2D eigenvalue weighted by molar-refractivity contribution is 5.92. The lowest BCUT2D eigenvalue weighted by molar-refractivity contribution is -0.151. The molecule has 0 unspecified atom stereocenters. The molecule has 0 aromatic heterocycles. The van der Waals surface area contributed by atoms with Crippen LogP contribution in [0, 0.1) is 5.92 Å². The summed E-state index contributed by atoms with van der Waals surface area (Å²) in [6.07, 6.45) is 3.11. The number of ether oxygens (including phenoxy) is 2. The quantitative estimate of drug-likeness (QED) is 0.201. The first kappa shape index (κ1) is 36.2. The number of carbonyl (C=O) groups is 4. The average Bonchev–Trinajstić information content (AvgIpc) is 3.61. The molecule has 4 rings (SSSR count). The van der Waals surface area contributed by atoms with Gasteiger partial charge in [-0.3, -0.25) is 14.5 Å². The Hall–Kier alpha value is -4.66. The van der Waals surface area contributed by atoms with Crippen molar-refractivity contribution in [1.82, 2.24) is 15.5 Å². The lowest BCUT2D eigenvalue weighted by Gasteiger charge is -2.30. The molecule has 3 amide bonds. The zero-order chi connectivity index (χ0) is 34.5. The fraction of sp³-hybridized carbons (Fsp3) is 0.436. The van der Waals surface area contributed by atoms with Crippen molar-refractivity contribution in [3.05, 3.63) is 108 Å². The van der Waals surface area contributed by atoms with Crippen molar-refractivity contribution in [2.24, 2.45) is 5.92 Å². The van der Waals surface area contributed by atoms with E-state index in [2.05, 4.69) is 10.6 Å². The van der Waals surface area contributed by atoms with Gasteiger partial charge in [-0.15, -0.1) is 0 Å². The normalized spacial score (nSPS) is 15.1. The SMILES string of the molecule is C[C@@H](CN(CC(=O)N[C@H](Cc1ccccc1)C(=O)N[C@@H](C(=O)OCc1ccccc1)C1CCCC1)C(=O)OC(C)(C)C)c1ccccc1. The van der Waals surface area contributed by atoms with Gasteiger partial charge < -0.3 is 20.1 Å². The largest absolute Gasteiger partial charge is 0.459 e. The van der Waals surface area contributed by atoms with Gasteiger partial charge in [-0.2, -0.15) is 0 Å². The van der Waals surface area contributed by atoms with Crippen LogP contribution in [0.15, 0.2) is 91.0 Å². The summed E-state index contributed by atoms with van der Waals surface area (Å²) in [5, 5.41) is 5.81. The van der Waals surface area contributed by atoms with E-state index >= 15 is 0 Å². The maximum Gasteiger partial charge on any atom is 0.410 e. The molecule has 0 saturated heterocycles. The van der Waals surface area contributed by atoms with E-state index in [0.29, 0.717) is 0 Å². The highest BCUT2D eigenvalue weighted by atomic mass is 16.6. The third-order valence-electron chi connectivity index (χ3n) is 8.43. The molecule has 9 nitrogen and oxygen atoms in total. The van der Waals surface area contributed by atoms with Gasteiger partial charge in [0.2, 0.25) is 11.8 Å². The number of benzene rings is 3. The van der Waals surface area contributed by atoms with Crippen molar-refractivity contribution < 1.29 is 28.7 Å². The molecule has 0 aliphatic heterocycles. The number of amides is 3. The molecular weight excluding hydrogens is 606 g/mol. The second kappa shape index (κ2) is 17.5. The van der Waals surface area contributed by atoms with E-state index < -0.39 is 41.6 Å². The Balaban J connectivity index is 1.51. The van der Waals surface area contributed by atoms with Crippen LogP contribution in [0.2, 0.25) is 0 Å². The second-order valence-electron chi connectivity index (χ2n) is 13.6. The zero-order valence-electron chi connectivity index (χ0n) is 28.5. The number of hydrogen-bond acceptors (Lipinski definition) is 6. The minimum atomic E-state index is -1.00. The molecule has 0 heterocycles. The minimum absolute atomic E-state index is 0.0626. The summed E-state index contributed by atoms with van der Waals surface area (Å²) in [6.45, 7) is 7.33. The Morgan fingerprint density at radius 1 is 0.812 bits per heavy atom. The van der Waals surface area contributed by atoms with Crippen LogP contribution in [0.1, 0.15) is 76.0 Å². The molecule has 2 N–H and O–H groups in total. The molecule has 3 aromatic carbocycles. The summed E-state index contributed by atoms with van der Waals surface area (Å²) in [5.41, 5.74) is 1.95. The molecule has 0 spiro atoms. The fourth-order valence-corrected chi connectivity index (χ4v) is 5.95. The summed E-state index contributed by atoms with van der Waals surface area (Å²) >= 11 is 0. The lowest BCUT2D eigenvalue weighted by Crippen LogP contribution is -2.56. The molecule has 256 valence electrons. The van der Waals surface area contributed by atoms with Crippen LogP contribution in [-0.2, 0) is 36.9 Å². The number of esters is 1. The van der Waals surface area contributed by atoms with Gasteiger partial charge in [0.25, 0.3) is 0 Å². The highest BCUT2D eigenvalue weighted by Gasteiger charge is 2.36. The molecule has 3 aromatic rings. The Morgan fingerprint density at radius 3 is 1.96 bits per heavy atom. The molecule has 1 saturated carbocycles. The van der Waals surface area contributed by atoms with Crippen LogP contribution in [0.5, 0.6) is 0 Å². The summed E-state index contributed by atoms with van der Waals surface area (Å²) in [6, 6.07) is 26.7. The van der Waals surface area contributed by atoms with Gasteiger partial charge >= 0.3 is 12.1 Å². The minimum Gasteiger partial charge on any atom is -0.459 e. The van der Waals surface area contributed by atoms with Crippen LogP contribution in [0.3, 0.4) is 0 Å². The Morgan fingerprint density at radius 2 is 1.38 bits per heavy atom. The molecule has 1 aliphatic carbocycles. The molecule has 3 atom stereocenters. The average molecular weight is 656 g/mol. The third-order valence-corrected chi connectivity index (χ3v) is 8.43. The van der Waals surface area contributed by atoms with Crippen LogP contribution in [0.25, 0.3) is 0 Å². The smallest absolute Gasteiger partial charge is 0.410 e. The van der Waals surface area contributed by atoms with Crippen molar-refractivity contribution in [1.29, 1.82) is 0 Å². The van der Waals surface area contributed by atoms with Gasteiger partial charge in [0.1, 0.15) is 30.8 Å². The summed E-state index contributed by atoms with van der Waals surface area (Å²) in [4.78, 5) is 55.7. The van der Waals surface area contributed by atoms with Crippen molar-refractivity contribution in [3.8, 4) is 0 Å². The van der Waals surface area contributed by atoms with Gasteiger partial charge in [0, 0.05) is 13.0 Å². The third kappa shape index (κ3) is 11.5. The molecule has 0 bridgehead atoms. The maximum absolute atomic E-state index is 14.0. The maximum atomic E-state index is 14.0. The monoisotopic (exact) mass is 655 g/mol. The van der Waals surface area contributed by atoms with Gasteiger partial charge in [0.15, 0.2) is 0 Å². The first-order chi connectivity index (χ1) is 23.0. The van der Waals surface area contributed by atoms with E-state index in [1.165, 1.54) is 4.90 Å². The molecule has 1 fully saturated rings. The number of nitrogens with one attached hydrogen (secondary N) is 2. The van der Waals surface area contributed by atoms with Crippen molar-refractivity contribution in [3.63, 3.8) is 0 Å². The van der Waals surface area contributed by atoms with Crippen LogP contribution >= 0.6 is 0 Å². The van der Waals surface area contributed by atoms with Gasteiger partial charge in [-0.1, -0.05) is 111 Å². The van der Waals surface area contributed by atoms with E-state index in [1.807, 2.05) is 97.9 Å². The molecule has 1 aliphatic rings.